The van der Waals surface area contributed by atoms with E-state index in [1.165, 1.54) is 7.11 Å². The predicted molar refractivity (Wildman–Crippen MR) is 81.1 cm³/mol. The Hall–Kier alpha value is -1.61. The van der Waals surface area contributed by atoms with E-state index in [0.29, 0.717) is 23.8 Å². The highest BCUT2D eigenvalue weighted by molar-refractivity contribution is 5.98. The number of aromatic nitrogens is 2. The molecule has 0 aromatic carbocycles. The van der Waals surface area contributed by atoms with Crippen molar-refractivity contribution < 1.29 is 19.7 Å². The second kappa shape index (κ2) is 7.10. The van der Waals surface area contributed by atoms with Crippen LogP contribution in [0.25, 0.3) is 0 Å². The SMILES string of the molecule is C/C=N\c1c(C(C)=N)ncn1CC1OC(CO)C(OC)C1O. The number of methoxy groups -OCH3 is 1. The summed E-state index contributed by atoms with van der Waals surface area (Å²) in [5, 5.41) is 27.3. The summed E-state index contributed by atoms with van der Waals surface area (Å²) in [5.41, 5.74) is 0.808. The minimum atomic E-state index is -0.854. The summed E-state index contributed by atoms with van der Waals surface area (Å²) in [6, 6.07) is 0. The molecule has 1 aliphatic rings. The molecule has 1 saturated heterocycles. The van der Waals surface area contributed by atoms with Crippen LogP contribution in [-0.4, -0.2) is 69.8 Å². The van der Waals surface area contributed by atoms with Crippen molar-refractivity contribution in [3.05, 3.63) is 12.0 Å². The van der Waals surface area contributed by atoms with Crippen LogP contribution in [0.15, 0.2) is 11.3 Å². The van der Waals surface area contributed by atoms with Gasteiger partial charge in [-0.15, -0.1) is 0 Å². The van der Waals surface area contributed by atoms with Crippen molar-refractivity contribution in [3.63, 3.8) is 0 Å². The highest BCUT2D eigenvalue weighted by atomic mass is 16.6. The molecule has 0 spiro atoms. The zero-order valence-corrected chi connectivity index (χ0v) is 12.9. The molecular formula is C14H22N4O4. The molecule has 8 heteroatoms. The van der Waals surface area contributed by atoms with Crippen LogP contribution < -0.4 is 0 Å². The zero-order valence-electron chi connectivity index (χ0n) is 12.9. The van der Waals surface area contributed by atoms with Gasteiger partial charge in [0, 0.05) is 13.3 Å². The molecule has 0 aliphatic carbocycles. The van der Waals surface area contributed by atoms with Gasteiger partial charge in [0.25, 0.3) is 0 Å². The van der Waals surface area contributed by atoms with E-state index in [1.807, 2.05) is 0 Å². The van der Waals surface area contributed by atoms with Crippen LogP contribution in [0.1, 0.15) is 19.5 Å². The van der Waals surface area contributed by atoms with E-state index in [4.69, 9.17) is 14.9 Å². The van der Waals surface area contributed by atoms with Gasteiger partial charge in [0.2, 0.25) is 0 Å². The first-order valence-corrected chi connectivity index (χ1v) is 7.10. The molecule has 4 unspecified atom stereocenters. The van der Waals surface area contributed by atoms with Gasteiger partial charge in [-0.1, -0.05) is 0 Å². The second-order valence-electron chi connectivity index (χ2n) is 5.17. The van der Waals surface area contributed by atoms with E-state index in [1.54, 1.807) is 31.0 Å². The van der Waals surface area contributed by atoms with Crippen molar-refractivity contribution >= 4 is 17.7 Å². The lowest BCUT2D eigenvalue weighted by Gasteiger charge is -2.17. The minimum Gasteiger partial charge on any atom is -0.394 e. The standard InChI is InChI=1S/C14H22N4O4/c1-4-16-14-11(8(2)15)17-7-18(14)5-9-12(20)13(21-3)10(6-19)22-9/h4,7,9-10,12-13,15,19-20H,5-6H2,1-3H3/b15-8?,16-4-. The molecule has 4 atom stereocenters. The number of nitrogens with one attached hydrogen (secondary N) is 1. The molecule has 3 N–H and O–H groups in total. The van der Waals surface area contributed by atoms with E-state index in [2.05, 4.69) is 9.98 Å². The van der Waals surface area contributed by atoms with E-state index in [9.17, 15) is 10.2 Å². The molecule has 2 heterocycles. The first-order valence-electron chi connectivity index (χ1n) is 7.10. The zero-order chi connectivity index (χ0) is 16.3. The smallest absolute Gasteiger partial charge is 0.161 e. The lowest BCUT2D eigenvalue weighted by molar-refractivity contribution is -0.0377. The molecule has 1 aromatic rings. The molecular weight excluding hydrogens is 288 g/mol. The number of ether oxygens (including phenoxy) is 2. The lowest BCUT2D eigenvalue weighted by Crippen LogP contribution is -2.36. The topological polar surface area (TPSA) is 113 Å². The fourth-order valence-electron chi connectivity index (χ4n) is 2.63. The Balaban J connectivity index is 2.22. The number of hydrogen-bond acceptors (Lipinski definition) is 7. The molecule has 0 bridgehead atoms. The molecule has 0 amide bonds. The van der Waals surface area contributed by atoms with Crippen LogP contribution in [0.2, 0.25) is 0 Å². The van der Waals surface area contributed by atoms with Crippen LogP contribution in [-0.2, 0) is 16.0 Å². The van der Waals surface area contributed by atoms with E-state index in [0.717, 1.165) is 0 Å². The van der Waals surface area contributed by atoms with Crippen molar-refractivity contribution in [1.82, 2.24) is 9.55 Å². The molecule has 1 fully saturated rings. The Morgan fingerprint density at radius 3 is 2.82 bits per heavy atom. The third-order valence-corrected chi connectivity index (χ3v) is 3.68. The number of hydrogen-bond donors (Lipinski definition) is 3. The number of rotatable bonds is 6. The van der Waals surface area contributed by atoms with Gasteiger partial charge in [-0.25, -0.2) is 9.98 Å². The van der Waals surface area contributed by atoms with Crippen molar-refractivity contribution in [2.45, 2.75) is 44.8 Å². The van der Waals surface area contributed by atoms with E-state index in [-0.39, 0.29) is 6.61 Å². The number of aliphatic hydroxyl groups excluding tert-OH is 2. The first kappa shape index (κ1) is 16.8. The summed E-state index contributed by atoms with van der Waals surface area (Å²) in [7, 11) is 1.48. The molecule has 0 radical (unpaired) electrons. The fraction of sp³-hybridized carbons (Fsp3) is 0.643. The summed E-state index contributed by atoms with van der Waals surface area (Å²) in [5.74, 6) is 0.548. The monoisotopic (exact) mass is 310 g/mol. The van der Waals surface area contributed by atoms with Crippen LogP contribution >= 0.6 is 0 Å². The average molecular weight is 310 g/mol. The van der Waals surface area contributed by atoms with E-state index < -0.39 is 24.4 Å². The maximum absolute atomic E-state index is 10.3. The Labute approximate surface area is 128 Å². The third kappa shape index (κ3) is 3.09. The third-order valence-electron chi connectivity index (χ3n) is 3.68. The highest BCUT2D eigenvalue weighted by Crippen LogP contribution is 2.27. The average Bonchev–Trinajstić information content (AvgIpc) is 3.02. The van der Waals surface area contributed by atoms with Crippen LogP contribution in [0.4, 0.5) is 5.82 Å². The lowest BCUT2D eigenvalue weighted by atomic mass is 10.1. The Morgan fingerprint density at radius 1 is 1.59 bits per heavy atom. The molecule has 22 heavy (non-hydrogen) atoms. The van der Waals surface area contributed by atoms with Gasteiger partial charge in [-0.3, -0.25) is 0 Å². The van der Waals surface area contributed by atoms with Gasteiger partial charge in [0.1, 0.15) is 30.1 Å². The number of nitrogens with zero attached hydrogens (tertiary/aromatic N) is 3. The molecule has 8 nitrogen and oxygen atoms in total. The summed E-state index contributed by atoms with van der Waals surface area (Å²) in [4.78, 5) is 8.44. The number of aliphatic hydroxyl groups is 2. The van der Waals surface area contributed by atoms with Crippen molar-refractivity contribution in [2.24, 2.45) is 4.99 Å². The summed E-state index contributed by atoms with van der Waals surface area (Å²) in [6.45, 7) is 3.51. The number of imidazole rings is 1. The van der Waals surface area contributed by atoms with E-state index >= 15 is 0 Å². The quantitative estimate of drug-likeness (QED) is 0.646. The normalized spacial score (nSPS) is 28.6. The molecule has 1 aliphatic heterocycles. The second-order valence-corrected chi connectivity index (χ2v) is 5.17. The maximum atomic E-state index is 10.3. The Bertz CT molecular complexity index is 557. The van der Waals surface area contributed by atoms with Crippen molar-refractivity contribution in [1.29, 1.82) is 5.41 Å². The Kier molecular flexibility index (Phi) is 5.41. The largest absolute Gasteiger partial charge is 0.394 e. The van der Waals surface area contributed by atoms with Crippen LogP contribution in [0.3, 0.4) is 0 Å². The minimum absolute atomic E-state index is 0.221. The maximum Gasteiger partial charge on any atom is 0.161 e. The van der Waals surface area contributed by atoms with Gasteiger partial charge in [-0.2, -0.15) is 0 Å². The molecule has 122 valence electrons. The van der Waals surface area contributed by atoms with Crippen LogP contribution in [0, 0.1) is 5.41 Å². The summed E-state index contributed by atoms with van der Waals surface area (Å²) >= 11 is 0. The number of aliphatic imine (C=N–C) groups is 1. The molecule has 2 rings (SSSR count). The van der Waals surface area contributed by atoms with Crippen molar-refractivity contribution in [3.8, 4) is 0 Å². The van der Waals surface area contributed by atoms with Gasteiger partial charge < -0.3 is 29.7 Å². The van der Waals surface area contributed by atoms with Gasteiger partial charge >= 0.3 is 0 Å². The van der Waals surface area contributed by atoms with Crippen molar-refractivity contribution in [2.75, 3.05) is 13.7 Å². The Morgan fingerprint density at radius 2 is 2.32 bits per heavy atom. The first-order chi connectivity index (χ1) is 10.5. The summed E-state index contributed by atoms with van der Waals surface area (Å²) < 4.78 is 12.6. The van der Waals surface area contributed by atoms with Gasteiger partial charge in [0.05, 0.1) is 25.2 Å². The highest BCUT2D eigenvalue weighted by Gasteiger charge is 2.43. The molecule has 0 saturated carbocycles. The fourth-order valence-corrected chi connectivity index (χ4v) is 2.63. The predicted octanol–water partition coefficient (Wildman–Crippen LogP) is 0.129. The van der Waals surface area contributed by atoms with Crippen LogP contribution in [0.5, 0.6) is 0 Å². The van der Waals surface area contributed by atoms with Gasteiger partial charge in [-0.05, 0) is 13.8 Å². The molecule has 1 aromatic heterocycles. The summed E-state index contributed by atoms with van der Waals surface area (Å²) in [6.07, 6.45) is 0.671. The van der Waals surface area contributed by atoms with Gasteiger partial charge in [0.15, 0.2) is 5.82 Å².